The maximum atomic E-state index is 9.37. The van der Waals surface area contributed by atoms with Crippen LogP contribution in [0.15, 0.2) is 0 Å². The third-order valence-electron chi connectivity index (χ3n) is 2.15. The number of hydrogen-bond acceptors (Lipinski definition) is 4. The van der Waals surface area contributed by atoms with Crippen molar-refractivity contribution < 1.29 is 18.4 Å². The molecule has 0 aromatic carbocycles. The predicted molar refractivity (Wildman–Crippen MR) is 57.1 cm³/mol. The molecule has 0 aliphatic rings. The minimum absolute atomic E-state index is 0.296. The lowest BCUT2D eigenvalue weighted by Crippen LogP contribution is -2.45. The van der Waals surface area contributed by atoms with Gasteiger partial charge in [0.15, 0.2) is 0 Å². The van der Waals surface area contributed by atoms with Gasteiger partial charge in [-0.15, -0.1) is 0 Å². The zero-order valence-electron chi connectivity index (χ0n) is 9.58. The largest absolute Gasteiger partial charge is 0.500 e. The Hall–Kier alpha value is 0.0569. The number of aliphatic hydroxyl groups excluding tert-OH is 1. The number of hydrogen-bond donors (Lipinski definition) is 1. The molecule has 0 amide bonds. The van der Waals surface area contributed by atoms with Gasteiger partial charge in [0.2, 0.25) is 0 Å². The van der Waals surface area contributed by atoms with Gasteiger partial charge in [-0.05, 0) is 6.42 Å². The standard InChI is InChI=1S/C9H22O4Si/c1-5-7-14(11-3,12-4)13-8-9(10)6-2/h9-10H,5-8H2,1-4H3. The van der Waals surface area contributed by atoms with E-state index in [4.69, 9.17) is 13.3 Å². The van der Waals surface area contributed by atoms with Crippen LogP contribution in [0.2, 0.25) is 6.04 Å². The van der Waals surface area contributed by atoms with Gasteiger partial charge in [0.05, 0.1) is 12.7 Å². The topological polar surface area (TPSA) is 47.9 Å². The van der Waals surface area contributed by atoms with Crippen LogP contribution in [0, 0.1) is 0 Å². The molecule has 1 unspecified atom stereocenters. The summed E-state index contributed by atoms with van der Waals surface area (Å²) in [4.78, 5) is 0. The van der Waals surface area contributed by atoms with Crippen LogP contribution >= 0.6 is 0 Å². The molecule has 1 N–H and O–H groups in total. The van der Waals surface area contributed by atoms with Crippen LogP contribution in [-0.4, -0.2) is 40.8 Å². The molecular weight excluding hydrogens is 200 g/mol. The quantitative estimate of drug-likeness (QED) is 0.631. The molecule has 14 heavy (non-hydrogen) atoms. The summed E-state index contributed by atoms with van der Waals surface area (Å²) in [6, 6.07) is 0.788. The lowest BCUT2D eigenvalue weighted by Gasteiger charge is -2.26. The summed E-state index contributed by atoms with van der Waals surface area (Å²) in [5.74, 6) is 0. The van der Waals surface area contributed by atoms with Gasteiger partial charge in [-0.1, -0.05) is 20.3 Å². The molecule has 0 saturated carbocycles. The fourth-order valence-corrected chi connectivity index (χ4v) is 3.14. The molecule has 0 aromatic heterocycles. The molecular formula is C9H22O4Si. The number of rotatable bonds is 8. The predicted octanol–water partition coefficient (Wildman–Crippen LogP) is 1.42. The average Bonchev–Trinajstić information content (AvgIpc) is 2.24. The Morgan fingerprint density at radius 1 is 1.21 bits per heavy atom. The monoisotopic (exact) mass is 222 g/mol. The van der Waals surface area contributed by atoms with Crippen LogP contribution in [0.1, 0.15) is 26.7 Å². The summed E-state index contributed by atoms with van der Waals surface area (Å²) in [6.45, 7) is 4.26. The van der Waals surface area contributed by atoms with Gasteiger partial charge in [0, 0.05) is 20.3 Å². The third-order valence-corrected chi connectivity index (χ3v) is 5.11. The van der Waals surface area contributed by atoms with E-state index in [-0.39, 0.29) is 0 Å². The molecule has 0 heterocycles. The van der Waals surface area contributed by atoms with E-state index in [0.717, 1.165) is 12.5 Å². The lowest BCUT2D eigenvalue weighted by atomic mass is 10.3. The van der Waals surface area contributed by atoms with Crippen LogP contribution in [0.3, 0.4) is 0 Å². The minimum atomic E-state index is -2.48. The van der Waals surface area contributed by atoms with E-state index in [1.807, 2.05) is 6.92 Å². The van der Waals surface area contributed by atoms with Crippen molar-refractivity contribution in [2.24, 2.45) is 0 Å². The Balaban J connectivity index is 4.06. The number of aliphatic hydroxyl groups is 1. The molecule has 0 saturated heterocycles. The summed E-state index contributed by atoms with van der Waals surface area (Å²) in [5, 5.41) is 9.37. The van der Waals surface area contributed by atoms with Gasteiger partial charge in [0.1, 0.15) is 0 Å². The molecule has 0 aliphatic carbocycles. The van der Waals surface area contributed by atoms with Crippen molar-refractivity contribution in [1.29, 1.82) is 0 Å². The molecule has 86 valence electrons. The van der Waals surface area contributed by atoms with Crippen LogP contribution < -0.4 is 0 Å². The Bertz CT molecular complexity index is 139. The summed E-state index contributed by atoms with van der Waals surface area (Å²) in [7, 11) is 0.719. The molecule has 0 aromatic rings. The fourth-order valence-electron chi connectivity index (χ4n) is 1.12. The van der Waals surface area contributed by atoms with E-state index < -0.39 is 14.9 Å². The summed E-state index contributed by atoms with van der Waals surface area (Å²) < 4.78 is 16.2. The zero-order valence-corrected chi connectivity index (χ0v) is 10.6. The lowest BCUT2D eigenvalue weighted by molar-refractivity contribution is 0.0403. The molecule has 1 atom stereocenters. The molecule has 0 rings (SSSR count). The summed E-state index contributed by atoms with van der Waals surface area (Å²) in [5.41, 5.74) is 0. The van der Waals surface area contributed by atoms with Crippen molar-refractivity contribution in [2.75, 3.05) is 20.8 Å². The Morgan fingerprint density at radius 3 is 2.14 bits per heavy atom. The maximum Gasteiger partial charge on any atom is 0.500 e. The first-order valence-electron chi connectivity index (χ1n) is 5.06. The highest BCUT2D eigenvalue weighted by atomic mass is 28.4. The van der Waals surface area contributed by atoms with E-state index in [2.05, 4.69) is 6.92 Å². The van der Waals surface area contributed by atoms with E-state index in [1.54, 1.807) is 14.2 Å². The van der Waals surface area contributed by atoms with Crippen molar-refractivity contribution in [3.63, 3.8) is 0 Å². The van der Waals surface area contributed by atoms with Gasteiger partial charge in [-0.2, -0.15) is 0 Å². The zero-order chi connectivity index (χ0) is 11.0. The van der Waals surface area contributed by atoms with Gasteiger partial charge >= 0.3 is 8.80 Å². The van der Waals surface area contributed by atoms with Crippen LogP contribution in [0.25, 0.3) is 0 Å². The van der Waals surface area contributed by atoms with Crippen LogP contribution in [0.5, 0.6) is 0 Å². The van der Waals surface area contributed by atoms with Gasteiger partial charge < -0.3 is 18.4 Å². The molecule has 0 aliphatic heterocycles. The van der Waals surface area contributed by atoms with E-state index in [9.17, 15) is 5.11 Å². The van der Waals surface area contributed by atoms with E-state index >= 15 is 0 Å². The van der Waals surface area contributed by atoms with Crippen molar-refractivity contribution in [3.05, 3.63) is 0 Å². The average molecular weight is 222 g/mol. The van der Waals surface area contributed by atoms with Gasteiger partial charge in [-0.3, -0.25) is 0 Å². The molecule has 4 nitrogen and oxygen atoms in total. The van der Waals surface area contributed by atoms with Gasteiger partial charge in [-0.25, -0.2) is 0 Å². The minimum Gasteiger partial charge on any atom is -0.391 e. The summed E-state index contributed by atoms with van der Waals surface area (Å²) in [6.07, 6.45) is 1.21. The first-order valence-corrected chi connectivity index (χ1v) is 6.99. The van der Waals surface area contributed by atoms with Crippen LogP contribution in [0.4, 0.5) is 0 Å². The highest BCUT2D eigenvalue weighted by Gasteiger charge is 2.38. The van der Waals surface area contributed by atoms with E-state index in [0.29, 0.717) is 13.0 Å². The molecule has 0 radical (unpaired) electrons. The SMILES string of the molecule is CCC[Si](OC)(OC)OCC(O)CC. The van der Waals surface area contributed by atoms with Crippen molar-refractivity contribution in [1.82, 2.24) is 0 Å². The third kappa shape index (κ3) is 4.52. The Kier molecular flexibility index (Phi) is 7.39. The van der Waals surface area contributed by atoms with Gasteiger partial charge in [0.25, 0.3) is 0 Å². The van der Waals surface area contributed by atoms with Crippen molar-refractivity contribution >= 4 is 8.80 Å². The fraction of sp³-hybridized carbons (Fsp3) is 1.00. The van der Waals surface area contributed by atoms with E-state index in [1.165, 1.54) is 0 Å². The van der Waals surface area contributed by atoms with Crippen LogP contribution in [-0.2, 0) is 13.3 Å². The second-order valence-electron chi connectivity index (χ2n) is 3.21. The maximum absolute atomic E-state index is 9.37. The molecule has 0 fully saturated rings. The van der Waals surface area contributed by atoms with Crippen molar-refractivity contribution in [2.45, 2.75) is 38.8 Å². The molecule has 0 bridgehead atoms. The second kappa shape index (κ2) is 7.36. The first-order chi connectivity index (χ1) is 6.64. The Labute approximate surface area is 87.5 Å². The normalized spacial score (nSPS) is 14.4. The van der Waals surface area contributed by atoms with Crippen molar-refractivity contribution in [3.8, 4) is 0 Å². The highest BCUT2D eigenvalue weighted by Crippen LogP contribution is 2.16. The first kappa shape index (κ1) is 14.1. The highest BCUT2D eigenvalue weighted by molar-refractivity contribution is 6.60. The molecule has 0 spiro atoms. The Morgan fingerprint density at radius 2 is 1.79 bits per heavy atom. The smallest absolute Gasteiger partial charge is 0.391 e. The molecule has 5 heteroatoms. The second-order valence-corrected chi connectivity index (χ2v) is 6.19. The summed E-state index contributed by atoms with van der Waals surface area (Å²) >= 11 is 0.